The average Bonchev–Trinajstić information content (AvgIpc) is 3.04. The van der Waals surface area contributed by atoms with Crippen LogP contribution in [0.15, 0.2) is 64.2 Å². The molecule has 0 aliphatic heterocycles. The fourth-order valence-corrected chi connectivity index (χ4v) is 2.91. The van der Waals surface area contributed by atoms with E-state index in [0.29, 0.717) is 22.4 Å². The third kappa shape index (κ3) is 4.40. The van der Waals surface area contributed by atoms with Crippen molar-refractivity contribution in [2.45, 2.75) is 19.1 Å². The summed E-state index contributed by atoms with van der Waals surface area (Å²) in [6.45, 7) is 3.47. The highest BCUT2D eigenvalue weighted by Gasteiger charge is 2.18. The molecular formula is C20H18N2O3S. The van der Waals surface area contributed by atoms with Crippen molar-refractivity contribution in [3.63, 3.8) is 0 Å². The second-order valence-electron chi connectivity index (χ2n) is 5.83. The number of nitrogens with zero attached hydrogens (tertiary/aromatic N) is 1. The number of carbonyl (C=O) groups is 2. The first-order chi connectivity index (χ1) is 12.5. The largest absolute Gasteiger partial charge is 0.429 e. The molecule has 0 unspecified atom stereocenters. The Labute approximate surface area is 155 Å². The lowest BCUT2D eigenvalue weighted by Crippen LogP contribution is -2.12. The number of hydrogen-bond donors (Lipinski definition) is 1. The zero-order valence-corrected chi connectivity index (χ0v) is 15.3. The van der Waals surface area contributed by atoms with E-state index in [1.54, 1.807) is 12.1 Å². The van der Waals surface area contributed by atoms with Gasteiger partial charge in [0, 0.05) is 11.1 Å². The third-order valence-electron chi connectivity index (χ3n) is 3.59. The fraction of sp³-hybridized carbons (Fsp3) is 0.150. The highest BCUT2D eigenvalue weighted by atomic mass is 32.2. The molecule has 3 aromatic rings. The maximum atomic E-state index is 12.5. The summed E-state index contributed by atoms with van der Waals surface area (Å²) in [6, 6.07) is 16.7. The number of oxazole rings is 1. The molecule has 0 spiro atoms. The molecule has 0 saturated heterocycles. The number of benzene rings is 2. The van der Waals surface area contributed by atoms with Gasteiger partial charge in [0.2, 0.25) is 0 Å². The summed E-state index contributed by atoms with van der Waals surface area (Å²) in [5.41, 5.74) is 2.42. The van der Waals surface area contributed by atoms with E-state index >= 15 is 0 Å². The van der Waals surface area contributed by atoms with Crippen LogP contribution >= 0.6 is 11.8 Å². The molecule has 132 valence electrons. The topological polar surface area (TPSA) is 72.2 Å². The molecule has 6 heteroatoms. The Morgan fingerprint density at radius 3 is 2.42 bits per heavy atom. The van der Waals surface area contributed by atoms with Gasteiger partial charge in [-0.1, -0.05) is 59.8 Å². The first-order valence-corrected chi connectivity index (χ1v) is 9.08. The van der Waals surface area contributed by atoms with Crippen LogP contribution in [-0.4, -0.2) is 22.4 Å². The summed E-state index contributed by atoms with van der Waals surface area (Å²) in [6.07, 6.45) is 0. The van der Waals surface area contributed by atoms with Gasteiger partial charge in [0.05, 0.1) is 5.75 Å². The van der Waals surface area contributed by atoms with E-state index in [2.05, 4.69) is 10.3 Å². The van der Waals surface area contributed by atoms with Gasteiger partial charge < -0.3 is 9.73 Å². The summed E-state index contributed by atoms with van der Waals surface area (Å²) in [4.78, 5) is 28.1. The van der Waals surface area contributed by atoms with Crippen LogP contribution in [0.25, 0.3) is 11.3 Å². The summed E-state index contributed by atoms with van der Waals surface area (Å²) in [5.74, 6) is 0.836. The van der Waals surface area contributed by atoms with Gasteiger partial charge in [-0.3, -0.25) is 9.59 Å². The molecule has 1 amide bonds. The van der Waals surface area contributed by atoms with Crippen LogP contribution in [0.4, 0.5) is 5.82 Å². The van der Waals surface area contributed by atoms with Crippen LogP contribution in [-0.2, 0) is 4.79 Å². The number of rotatable bonds is 6. The molecule has 1 N–H and O–H groups in total. The quantitative estimate of drug-likeness (QED) is 0.646. The number of Topliss-reactive ketones (excluding diaryl/α,β-unsaturated/α-hetero) is 1. The second kappa shape index (κ2) is 8.01. The van der Waals surface area contributed by atoms with E-state index in [4.69, 9.17) is 4.42 Å². The summed E-state index contributed by atoms with van der Waals surface area (Å²) < 4.78 is 5.79. The summed E-state index contributed by atoms with van der Waals surface area (Å²) in [5, 5.41) is 3.16. The molecule has 3 rings (SSSR count). The summed E-state index contributed by atoms with van der Waals surface area (Å²) in [7, 11) is 0. The minimum atomic E-state index is -0.265. The van der Waals surface area contributed by atoms with Gasteiger partial charge in [-0.2, -0.15) is 4.98 Å². The van der Waals surface area contributed by atoms with Crippen LogP contribution in [0.5, 0.6) is 0 Å². The van der Waals surface area contributed by atoms with Gasteiger partial charge in [0.15, 0.2) is 11.6 Å². The van der Waals surface area contributed by atoms with Gasteiger partial charge >= 0.3 is 0 Å². The number of ketones is 1. The van der Waals surface area contributed by atoms with Gasteiger partial charge in [-0.25, -0.2) is 0 Å². The first kappa shape index (κ1) is 17.9. The molecule has 0 bridgehead atoms. The Kier molecular flexibility index (Phi) is 5.53. The number of carbonyl (C=O) groups excluding carboxylic acids is 2. The van der Waals surface area contributed by atoms with Crippen molar-refractivity contribution in [2.75, 3.05) is 11.1 Å². The Bertz CT molecular complexity index is 918. The number of nitrogens with one attached hydrogen (secondary N) is 1. The normalized spacial score (nSPS) is 10.5. The lowest BCUT2D eigenvalue weighted by Gasteiger charge is -2.04. The molecule has 26 heavy (non-hydrogen) atoms. The summed E-state index contributed by atoms with van der Waals surface area (Å²) >= 11 is 1.20. The molecule has 2 aromatic carbocycles. The van der Waals surface area contributed by atoms with Crippen LogP contribution in [0.3, 0.4) is 0 Å². The van der Waals surface area contributed by atoms with E-state index in [1.165, 1.54) is 18.7 Å². The number of aryl methyl sites for hydroxylation is 1. The second-order valence-corrected chi connectivity index (χ2v) is 6.76. The van der Waals surface area contributed by atoms with Crippen molar-refractivity contribution in [3.8, 4) is 11.3 Å². The molecule has 1 heterocycles. The Hall–Kier alpha value is -2.86. The van der Waals surface area contributed by atoms with Gasteiger partial charge in [0.1, 0.15) is 5.78 Å². The Morgan fingerprint density at radius 2 is 1.77 bits per heavy atom. The molecule has 0 aliphatic carbocycles. The zero-order valence-electron chi connectivity index (χ0n) is 14.5. The molecule has 0 saturated carbocycles. The van der Waals surface area contributed by atoms with Crippen LogP contribution in [0, 0.1) is 6.92 Å². The number of anilines is 1. The molecule has 0 fully saturated rings. The third-order valence-corrected chi connectivity index (χ3v) is 4.56. The first-order valence-electron chi connectivity index (χ1n) is 8.09. The lowest BCUT2D eigenvalue weighted by molar-refractivity contribution is -0.114. The van der Waals surface area contributed by atoms with Gasteiger partial charge in [-0.05, 0) is 26.0 Å². The maximum absolute atomic E-state index is 12.5. The van der Waals surface area contributed by atoms with Crippen LogP contribution in [0.1, 0.15) is 22.8 Å². The Balaban J connectivity index is 1.89. The van der Waals surface area contributed by atoms with E-state index in [-0.39, 0.29) is 17.4 Å². The standard InChI is InChI=1S/C20H18N2O3S/c1-13-8-10-16(11-9-13)19(24)21-18-17(15-6-4-3-5-7-15)25-20(22-18)26-12-14(2)23/h3-11H,12H2,1-2H3,(H,21,24). The highest BCUT2D eigenvalue weighted by Crippen LogP contribution is 2.33. The van der Waals surface area contributed by atoms with Crippen molar-refractivity contribution < 1.29 is 14.0 Å². The van der Waals surface area contributed by atoms with Crippen LogP contribution < -0.4 is 5.32 Å². The molecule has 0 atom stereocenters. The van der Waals surface area contributed by atoms with E-state index < -0.39 is 0 Å². The maximum Gasteiger partial charge on any atom is 0.258 e. The van der Waals surface area contributed by atoms with Gasteiger partial charge in [-0.15, -0.1) is 0 Å². The van der Waals surface area contributed by atoms with Crippen LogP contribution in [0.2, 0.25) is 0 Å². The van der Waals surface area contributed by atoms with E-state index in [9.17, 15) is 9.59 Å². The SMILES string of the molecule is CC(=O)CSc1nc(NC(=O)c2ccc(C)cc2)c(-c2ccccc2)o1. The number of amides is 1. The Morgan fingerprint density at radius 1 is 1.08 bits per heavy atom. The molecule has 0 radical (unpaired) electrons. The van der Waals surface area contributed by atoms with Crippen molar-refractivity contribution in [2.24, 2.45) is 0 Å². The van der Waals surface area contributed by atoms with E-state index in [0.717, 1.165) is 11.1 Å². The number of aromatic nitrogens is 1. The van der Waals surface area contributed by atoms with E-state index in [1.807, 2.05) is 49.4 Å². The number of hydrogen-bond acceptors (Lipinski definition) is 5. The van der Waals surface area contributed by atoms with Crippen molar-refractivity contribution in [1.29, 1.82) is 0 Å². The lowest BCUT2D eigenvalue weighted by atomic mass is 10.1. The minimum Gasteiger partial charge on any atom is -0.429 e. The predicted molar refractivity (Wildman–Crippen MR) is 102 cm³/mol. The minimum absolute atomic E-state index is 0.0275. The molecule has 0 aliphatic rings. The number of thioether (sulfide) groups is 1. The monoisotopic (exact) mass is 366 g/mol. The van der Waals surface area contributed by atoms with Crippen molar-refractivity contribution in [3.05, 3.63) is 65.7 Å². The van der Waals surface area contributed by atoms with Crippen molar-refractivity contribution in [1.82, 2.24) is 4.98 Å². The highest BCUT2D eigenvalue weighted by molar-refractivity contribution is 7.99. The average molecular weight is 366 g/mol. The van der Waals surface area contributed by atoms with Crippen molar-refractivity contribution >= 4 is 29.3 Å². The molecular weight excluding hydrogens is 348 g/mol. The predicted octanol–water partition coefficient (Wildman–Crippen LogP) is 4.58. The van der Waals surface area contributed by atoms with Gasteiger partial charge in [0.25, 0.3) is 11.1 Å². The zero-order chi connectivity index (χ0) is 18.5. The molecule has 1 aromatic heterocycles. The fourth-order valence-electron chi connectivity index (χ4n) is 2.28. The smallest absolute Gasteiger partial charge is 0.258 e. The molecule has 5 nitrogen and oxygen atoms in total.